The molecular weight excluding hydrogens is 150 g/mol. The van der Waals surface area contributed by atoms with Crippen LogP contribution < -0.4 is 5.32 Å². The summed E-state index contributed by atoms with van der Waals surface area (Å²) in [5.74, 6) is -0.0411. The van der Waals surface area contributed by atoms with Crippen LogP contribution in [0.2, 0.25) is 0 Å². The number of carbonyl (C=O) groups excluding carboxylic acids is 1. The van der Waals surface area contributed by atoms with Gasteiger partial charge in [0.15, 0.2) is 0 Å². The molecule has 0 fully saturated rings. The molecular formula is C10H17NO. The summed E-state index contributed by atoms with van der Waals surface area (Å²) in [7, 11) is 1.62. The van der Waals surface area contributed by atoms with Gasteiger partial charge in [-0.15, -0.1) is 0 Å². The third-order valence-electron chi connectivity index (χ3n) is 1.26. The molecule has 0 saturated heterocycles. The first-order chi connectivity index (χ1) is 5.84. The highest BCUT2D eigenvalue weighted by molar-refractivity contribution is 5.93. The highest BCUT2D eigenvalue weighted by Gasteiger charge is 1.97. The Kier molecular flexibility index (Phi) is 5.70. The van der Waals surface area contributed by atoms with Gasteiger partial charge in [0.1, 0.15) is 0 Å². The number of carbonyl (C=O) groups is 1. The minimum absolute atomic E-state index is 0. The molecule has 0 saturated carbocycles. The average molecular weight is 167 g/mol. The van der Waals surface area contributed by atoms with Crippen molar-refractivity contribution in [2.45, 2.75) is 13.8 Å². The van der Waals surface area contributed by atoms with Gasteiger partial charge < -0.3 is 5.32 Å². The molecule has 1 amide bonds. The van der Waals surface area contributed by atoms with Gasteiger partial charge in [-0.25, -0.2) is 0 Å². The molecule has 1 N–H and O–H groups in total. The lowest BCUT2D eigenvalue weighted by atomic mass is 10.2. The van der Waals surface area contributed by atoms with Crippen LogP contribution in [0.25, 0.3) is 0 Å². The lowest BCUT2D eigenvalue weighted by Gasteiger charge is -1.96. The number of hydrogen-bond donors (Lipinski definition) is 1. The van der Waals surface area contributed by atoms with Crippen molar-refractivity contribution in [2.24, 2.45) is 0 Å². The van der Waals surface area contributed by atoms with Gasteiger partial charge in [-0.2, -0.15) is 0 Å². The van der Waals surface area contributed by atoms with Crippen molar-refractivity contribution in [3.63, 3.8) is 0 Å². The van der Waals surface area contributed by atoms with Gasteiger partial charge >= 0.3 is 0 Å². The number of benzene rings is 1. The minimum atomic E-state index is -0.0411. The first-order valence-corrected chi connectivity index (χ1v) is 4.11. The molecule has 12 heavy (non-hydrogen) atoms. The van der Waals surface area contributed by atoms with E-state index in [-0.39, 0.29) is 7.33 Å². The Morgan fingerprint density at radius 2 is 1.75 bits per heavy atom. The maximum Gasteiger partial charge on any atom is 0.251 e. The molecule has 0 atom stereocenters. The van der Waals surface area contributed by atoms with E-state index in [9.17, 15) is 4.79 Å². The maximum atomic E-state index is 10.9. The van der Waals surface area contributed by atoms with E-state index in [1.807, 2.05) is 32.0 Å². The van der Waals surface area contributed by atoms with Crippen molar-refractivity contribution >= 4 is 5.91 Å². The summed E-state index contributed by atoms with van der Waals surface area (Å²) in [5, 5.41) is 2.54. The standard InChI is InChI=1S/C8H9NO.C2H6.H2/c1-9-8(10)7-5-3-2-4-6-7;1-2;/h2-6H,1H3,(H,9,10);1-2H3;1H. The van der Waals surface area contributed by atoms with Crippen molar-refractivity contribution in [1.29, 1.82) is 0 Å². The molecule has 1 aromatic rings. The summed E-state index contributed by atoms with van der Waals surface area (Å²) in [6.07, 6.45) is 0. The van der Waals surface area contributed by atoms with Gasteiger partial charge in [0.05, 0.1) is 0 Å². The van der Waals surface area contributed by atoms with E-state index >= 15 is 0 Å². The quantitative estimate of drug-likeness (QED) is 0.683. The molecule has 0 aliphatic rings. The van der Waals surface area contributed by atoms with Crippen molar-refractivity contribution in [3.05, 3.63) is 35.9 Å². The molecule has 0 spiro atoms. The first-order valence-electron chi connectivity index (χ1n) is 4.11. The third-order valence-corrected chi connectivity index (χ3v) is 1.26. The van der Waals surface area contributed by atoms with Crippen LogP contribution in [0.15, 0.2) is 30.3 Å². The Balaban J connectivity index is 0. The van der Waals surface area contributed by atoms with E-state index < -0.39 is 0 Å². The molecule has 0 aliphatic heterocycles. The zero-order valence-electron chi connectivity index (χ0n) is 7.79. The molecule has 0 aliphatic carbocycles. The van der Waals surface area contributed by atoms with E-state index in [1.54, 1.807) is 19.2 Å². The minimum Gasteiger partial charge on any atom is -0.355 e. The Morgan fingerprint density at radius 1 is 1.25 bits per heavy atom. The molecule has 1 rings (SSSR count). The van der Waals surface area contributed by atoms with Gasteiger partial charge in [-0.1, -0.05) is 32.0 Å². The van der Waals surface area contributed by atoms with Crippen molar-refractivity contribution < 1.29 is 6.22 Å². The smallest absolute Gasteiger partial charge is 0.251 e. The molecule has 2 heteroatoms. The number of hydrogen-bond acceptors (Lipinski definition) is 1. The summed E-state index contributed by atoms with van der Waals surface area (Å²) in [4.78, 5) is 10.9. The lowest BCUT2D eigenvalue weighted by Crippen LogP contribution is -2.17. The molecule has 68 valence electrons. The van der Waals surface area contributed by atoms with Crippen LogP contribution in [0.4, 0.5) is 0 Å². The van der Waals surface area contributed by atoms with Gasteiger partial charge in [0, 0.05) is 14.0 Å². The van der Waals surface area contributed by atoms with E-state index in [1.165, 1.54) is 0 Å². The summed E-state index contributed by atoms with van der Waals surface area (Å²) in [6.45, 7) is 4.00. The Hall–Kier alpha value is -1.31. The van der Waals surface area contributed by atoms with E-state index in [0.29, 0.717) is 5.56 Å². The third kappa shape index (κ3) is 3.19. The molecule has 0 unspecified atom stereocenters. The number of nitrogens with one attached hydrogen (secondary N) is 1. The van der Waals surface area contributed by atoms with Gasteiger partial charge in [-0.3, -0.25) is 4.79 Å². The second-order valence-corrected chi connectivity index (χ2v) is 1.95. The summed E-state index contributed by atoms with van der Waals surface area (Å²) >= 11 is 0. The van der Waals surface area contributed by atoms with Crippen molar-refractivity contribution in [3.8, 4) is 0 Å². The van der Waals surface area contributed by atoms with Crippen LogP contribution in [-0.2, 0) is 0 Å². The molecule has 0 heterocycles. The second kappa shape index (κ2) is 6.40. The molecule has 2 nitrogen and oxygen atoms in total. The second-order valence-electron chi connectivity index (χ2n) is 1.95. The Bertz CT molecular complexity index is 224. The Labute approximate surface area is 75.1 Å². The van der Waals surface area contributed by atoms with Gasteiger partial charge in [0.2, 0.25) is 0 Å². The predicted octanol–water partition coefficient (Wildman–Crippen LogP) is 2.32. The summed E-state index contributed by atoms with van der Waals surface area (Å²) < 4.78 is 0. The molecule has 0 aromatic heterocycles. The summed E-state index contributed by atoms with van der Waals surface area (Å²) in [6, 6.07) is 9.11. The van der Waals surface area contributed by atoms with Crippen molar-refractivity contribution in [1.82, 2.24) is 5.32 Å². The van der Waals surface area contributed by atoms with Gasteiger partial charge in [-0.05, 0) is 12.1 Å². The zero-order valence-corrected chi connectivity index (χ0v) is 7.79. The fourth-order valence-electron chi connectivity index (χ4n) is 0.734. The SMILES string of the molecule is CC.CNC(=O)c1ccccc1.[HH]. The largest absolute Gasteiger partial charge is 0.355 e. The van der Waals surface area contributed by atoms with Crippen LogP contribution in [0, 0.1) is 0 Å². The predicted molar refractivity (Wildman–Crippen MR) is 53.3 cm³/mol. The average Bonchev–Trinajstić information content (AvgIpc) is 2.21. The van der Waals surface area contributed by atoms with Crippen LogP contribution >= 0.6 is 0 Å². The topological polar surface area (TPSA) is 29.1 Å². The molecule has 1 aromatic carbocycles. The monoisotopic (exact) mass is 167 g/mol. The number of rotatable bonds is 1. The van der Waals surface area contributed by atoms with E-state index in [0.717, 1.165) is 0 Å². The van der Waals surface area contributed by atoms with E-state index in [4.69, 9.17) is 0 Å². The fourth-order valence-corrected chi connectivity index (χ4v) is 0.734. The van der Waals surface area contributed by atoms with Crippen LogP contribution in [0.1, 0.15) is 25.6 Å². The normalized spacial score (nSPS) is 7.92. The van der Waals surface area contributed by atoms with Crippen LogP contribution in [-0.4, -0.2) is 13.0 Å². The zero-order chi connectivity index (χ0) is 9.40. The highest BCUT2D eigenvalue weighted by atomic mass is 16.1. The number of amides is 1. The van der Waals surface area contributed by atoms with Gasteiger partial charge in [0.25, 0.3) is 5.91 Å². The highest BCUT2D eigenvalue weighted by Crippen LogP contribution is 1.96. The maximum absolute atomic E-state index is 10.9. The first kappa shape index (κ1) is 10.7. The Morgan fingerprint density at radius 3 is 2.17 bits per heavy atom. The lowest BCUT2D eigenvalue weighted by molar-refractivity contribution is 0.0963. The van der Waals surface area contributed by atoms with Crippen molar-refractivity contribution in [2.75, 3.05) is 7.05 Å². The summed E-state index contributed by atoms with van der Waals surface area (Å²) in [5.41, 5.74) is 0.699. The fraction of sp³-hybridized carbons (Fsp3) is 0.300. The molecule has 0 bridgehead atoms. The molecule has 0 radical (unpaired) electrons. The van der Waals surface area contributed by atoms with Crippen LogP contribution in [0.5, 0.6) is 0 Å². The van der Waals surface area contributed by atoms with E-state index in [2.05, 4.69) is 5.32 Å². The van der Waals surface area contributed by atoms with Crippen LogP contribution in [0.3, 0.4) is 0 Å².